The van der Waals surface area contributed by atoms with Crippen molar-refractivity contribution in [1.29, 1.82) is 0 Å². The molecule has 4 aromatic rings. The summed E-state index contributed by atoms with van der Waals surface area (Å²) in [6, 6.07) is 18.1. The maximum atomic E-state index is 13.0. The van der Waals surface area contributed by atoms with Crippen LogP contribution in [-0.2, 0) is 11.8 Å². The highest BCUT2D eigenvalue weighted by Crippen LogP contribution is 2.27. The molecule has 0 spiro atoms. The molecule has 1 atom stereocenters. The van der Waals surface area contributed by atoms with E-state index in [2.05, 4.69) is 34.7 Å². The van der Waals surface area contributed by atoms with Gasteiger partial charge in [-0.15, -0.1) is 10.2 Å². The van der Waals surface area contributed by atoms with Crippen molar-refractivity contribution in [3.63, 3.8) is 0 Å². The lowest BCUT2D eigenvalue weighted by Crippen LogP contribution is -2.31. The van der Waals surface area contributed by atoms with Crippen molar-refractivity contribution in [1.82, 2.24) is 20.1 Å². The van der Waals surface area contributed by atoms with Gasteiger partial charge in [-0.2, -0.15) is 0 Å². The maximum absolute atomic E-state index is 13.0. The molecule has 0 saturated heterocycles. The number of hydrogen-bond donors (Lipinski definition) is 2. The molecule has 192 valence electrons. The second kappa shape index (κ2) is 12.0. The molecular formula is C27H27Cl2N5O2S. The van der Waals surface area contributed by atoms with Crippen LogP contribution < -0.4 is 10.6 Å². The van der Waals surface area contributed by atoms with Gasteiger partial charge in [0, 0.05) is 23.1 Å². The molecule has 7 nitrogen and oxygen atoms in total. The van der Waals surface area contributed by atoms with E-state index in [1.54, 1.807) is 12.1 Å². The Hall–Kier alpha value is -3.07. The van der Waals surface area contributed by atoms with Gasteiger partial charge in [-0.3, -0.25) is 9.59 Å². The van der Waals surface area contributed by atoms with Crippen molar-refractivity contribution in [3.05, 3.63) is 82.1 Å². The Kier molecular flexibility index (Phi) is 8.74. The lowest BCUT2D eigenvalue weighted by molar-refractivity contribution is -0.113. The van der Waals surface area contributed by atoms with E-state index in [4.69, 9.17) is 23.2 Å². The van der Waals surface area contributed by atoms with Crippen LogP contribution in [0.4, 0.5) is 5.69 Å². The summed E-state index contributed by atoms with van der Waals surface area (Å²) in [6.45, 7) is 4.14. The minimum Gasteiger partial charge on any atom is -0.342 e. The zero-order valence-electron chi connectivity index (χ0n) is 20.7. The monoisotopic (exact) mass is 555 g/mol. The quantitative estimate of drug-likeness (QED) is 0.229. The first-order chi connectivity index (χ1) is 17.7. The van der Waals surface area contributed by atoms with Gasteiger partial charge in [0.2, 0.25) is 5.91 Å². The van der Waals surface area contributed by atoms with Crippen LogP contribution in [0.15, 0.2) is 65.8 Å². The number of aromatic nitrogens is 3. The van der Waals surface area contributed by atoms with Gasteiger partial charge in [0.1, 0.15) is 0 Å². The fraction of sp³-hybridized carbons (Fsp3) is 0.259. The standard InChI is InChI=1S/C27H27Cl2N5O2S/c1-16(2)13-23(31-26(36)20-12-11-18(28)14-21(20)29)25-32-33-27(34(25)3)37-15-24(35)30-22-10-6-8-17-7-4-5-9-19(17)22/h4-12,14,16,23H,13,15H2,1-3H3,(H,30,35)(H,31,36)/t23-/m1/s1. The first-order valence-corrected chi connectivity index (χ1v) is 13.5. The number of nitrogens with one attached hydrogen (secondary N) is 2. The minimum absolute atomic E-state index is 0.143. The zero-order chi connectivity index (χ0) is 26.5. The van der Waals surface area contributed by atoms with E-state index in [1.165, 1.54) is 17.8 Å². The van der Waals surface area contributed by atoms with Crippen molar-refractivity contribution >= 4 is 63.2 Å². The average Bonchev–Trinajstić information content (AvgIpc) is 3.22. The lowest BCUT2D eigenvalue weighted by atomic mass is 10.0. The summed E-state index contributed by atoms with van der Waals surface area (Å²) in [4.78, 5) is 25.7. The number of halogens is 2. The summed E-state index contributed by atoms with van der Waals surface area (Å²) >= 11 is 13.5. The SMILES string of the molecule is CC(C)C[C@@H](NC(=O)c1ccc(Cl)cc1Cl)c1nnc(SCC(=O)Nc2cccc3ccccc23)n1C. The highest BCUT2D eigenvalue weighted by Gasteiger charge is 2.24. The largest absolute Gasteiger partial charge is 0.342 e. The third kappa shape index (κ3) is 6.63. The van der Waals surface area contributed by atoms with Crippen LogP contribution in [0.25, 0.3) is 10.8 Å². The first-order valence-electron chi connectivity index (χ1n) is 11.8. The third-order valence-corrected chi connectivity index (χ3v) is 7.33. The predicted octanol–water partition coefficient (Wildman–Crippen LogP) is 6.52. The number of amides is 2. The van der Waals surface area contributed by atoms with Crippen molar-refractivity contribution in [2.75, 3.05) is 11.1 Å². The predicted molar refractivity (Wildman–Crippen MR) is 150 cm³/mol. The molecule has 0 aliphatic heterocycles. The van der Waals surface area contributed by atoms with Crippen LogP contribution in [-0.4, -0.2) is 32.3 Å². The minimum atomic E-state index is -0.393. The highest BCUT2D eigenvalue weighted by molar-refractivity contribution is 7.99. The van der Waals surface area contributed by atoms with Gasteiger partial charge in [-0.25, -0.2) is 0 Å². The molecule has 0 fully saturated rings. The summed E-state index contributed by atoms with van der Waals surface area (Å²) in [5.74, 6) is 0.584. The summed E-state index contributed by atoms with van der Waals surface area (Å²) in [5.41, 5.74) is 1.10. The number of benzene rings is 3. The summed E-state index contributed by atoms with van der Waals surface area (Å²) in [7, 11) is 1.83. The molecule has 2 N–H and O–H groups in total. The van der Waals surface area contributed by atoms with Crippen LogP contribution in [0.3, 0.4) is 0 Å². The second-order valence-corrected chi connectivity index (χ2v) is 10.8. The molecule has 3 aromatic carbocycles. The maximum Gasteiger partial charge on any atom is 0.253 e. The van der Waals surface area contributed by atoms with E-state index in [-0.39, 0.29) is 28.5 Å². The number of hydrogen-bond acceptors (Lipinski definition) is 5. The van der Waals surface area contributed by atoms with Crippen molar-refractivity contribution in [2.45, 2.75) is 31.5 Å². The fourth-order valence-electron chi connectivity index (χ4n) is 4.02. The molecule has 4 rings (SSSR count). The lowest BCUT2D eigenvalue weighted by Gasteiger charge is -2.20. The van der Waals surface area contributed by atoms with E-state index < -0.39 is 6.04 Å². The smallest absolute Gasteiger partial charge is 0.253 e. The Labute approximate surface area is 229 Å². The topological polar surface area (TPSA) is 88.9 Å². The molecule has 0 aliphatic carbocycles. The number of fused-ring (bicyclic) bond motifs is 1. The third-order valence-electron chi connectivity index (χ3n) is 5.76. The number of carbonyl (C=O) groups excluding carboxylic acids is 2. The van der Waals surface area contributed by atoms with Crippen LogP contribution >= 0.6 is 35.0 Å². The molecule has 10 heteroatoms. The second-order valence-electron chi connectivity index (χ2n) is 9.04. The number of nitrogens with zero attached hydrogens (tertiary/aromatic N) is 3. The summed E-state index contributed by atoms with van der Waals surface area (Å²) in [6.07, 6.45) is 0.648. The van der Waals surface area contributed by atoms with E-state index in [9.17, 15) is 9.59 Å². The normalized spacial score (nSPS) is 12.1. The number of carbonyl (C=O) groups is 2. The summed E-state index contributed by atoms with van der Waals surface area (Å²) < 4.78 is 1.81. The van der Waals surface area contributed by atoms with Gasteiger partial charge >= 0.3 is 0 Å². The molecule has 0 unspecified atom stereocenters. The molecule has 0 saturated carbocycles. The molecule has 0 aliphatic rings. The Morgan fingerprint density at radius 3 is 2.54 bits per heavy atom. The van der Waals surface area contributed by atoms with Crippen LogP contribution in [0.5, 0.6) is 0 Å². The zero-order valence-corrected chi connectivity index (χ0v) is 23.0. The van der Waals surface area contributed by atoms with Crippen molar-refractivity contribution in [3.8, 4) is 0 Å². The van der Waals surface area contributed by atoms with Crippen LogP contribution in [0.1, 0.15) is 42.5 Å². The van der Waals surface area contributed by atoms with Gasteiger partial charge in [-0.05, 0) is 42.0 Å². The Balaban J connectivity index is 1.45. The van der Waals surface area contributed by atoms with E-state index in [1.807, 2.05) is 54.1 Å². The molecule has 0 bridgehead atoms. The van der Waals surface area contributed by atoms with Gasteiger partial charge in [-0.1, -0.05) is 85.2 Å². The Morgan fingerprint density at radius 2 is 1.78 bits per heavy atom. The molecular weight excluding hydrogens is 529 g/mol. The fourth-order valence-corrected chi connectivity index (χ4v) is 5.23. The number of anilines is 1. The molecule has 0 radical (unpaired) electrons. The molecule has 2 amide bonds. The molecule has 1 heterocycles. The Morgan fingerprint density at radius 1 is 1.03 bits per heavy atom. The first kappa shape index (κ1) is 27.0. The van der Waals surface area contributed by atoms with Crippen LogP contribution in [0.2, 0.25) is 10.0 Å². The van der Waals surface area contributed by atoms with Gasteiger partial charge < -0.3 is 15.2 Å². The van der Waals surface area contributed by atoms with Crippen molar-refractivity contribution in [2.24, 2.45) is 13.0 Å². The molecule has 1 aromatic heterocycles. The Bertz CT molecular complexity index is 1430. The average molecular weight is 557 g/mol. The van der Waals surface area contributed by atoms with E-state index >= 15 is 0 Å². The van der Waals surface area contributed by atoms with Crippen molar-refractivity contribution < 1.29 is 9.59 Å². The highest BCUT2D eigenvalue weighted by atomic mass is 35.5. The van der Waals surface area contributed by atoms with Gasteiger partial charge in [0.05, 0.1) is 22.4 Å². The van der Waals surface area contributed by atoms with Crippen LogP contribution in [0, 0.1) is 5.92 Å². The summed E-state index contributed by atoms with van der Waals surface area (Å²) in [5, 5.41) is 18.0. The van der Waals surface area contributed by atoms with Gasteiger partial charge in [0.15, 0.2) is 11.0 Å². The van der Waals surface area contributed by atoms with Gasteiger partial charge in [0.25, 0.3) is 5.91 Å². The van der Waals surface area contributed by atoms with E-state index in [0.29, 0.717) is 28.0 Å². The molecule has 37 heavy (non-hydrogen) atoms. The number of rotatable bonds is 9. The van der Waals surface area contributed by atoms with E-state index in [0.717, 1.165) is 16.5 Å². The number of thioether (sulfide) groups is 1.